The molecule has 0 atom stereocenters. The van der Waals surface area contributed by atoms with Crippen molar-refractivity contribution in [3.8, 4) is 0 Å². The molecule has 18 heavy (non-hydrogen) atoms. The van der Waals surface area contributed by atoms with Crippen LogP contribution in [0.1, 0.15) is 12.1 Å². The summed E-state index contributed by atoms with van der Waals surface area (Å²) in [5, 5.41) is 1.91. The van der Waals surface area contributed by atoms with Gasteiger partial charge in [0, 0.05) is 24.2 Å². The van der Waals surface area contributed by atoms with E-state index in [4.69, 9.17) is 0 Å². The zero-order valence-electron chi connectivity index (χ0n) is 9.51. The third-order valence-corrected chi connectivity index (χ3v) is 3.06. The van der Waals surface area contributed by atoms with Crippen LogP contribution < -0.4 is 0 Å². The fourth-order valence-electron chi connectivity index (χ4n) is 1.51. The van der Waals surface area contributed by atoms with Crippen molar-refractivity contribution in [2.24, 2.45) is 0 Å². The number of aromatic nitrogens is 2. The largest absolute Gasteiger partial charge is 0.375 e. The minimum atomic E-state index is -2.49. The minimum absolute atomic E-state index is 0.0331. The zero-order chi connectivity index (χ0) is 13.0. The summed E-state index contributed by atoms with van der Waals surface area (Å²) in [4.78, 5) is 16.7. The molecule has 0 unspecified atom stereocenters. The van der Waals surface area contributed by atoms with Crippen LogP contribution in [0.4, 0.5) is 8.78 Å². The predicted molar refractivity (Wildman–Crippen MR) is 63.2 cm³/mol. The Morgan fingerprint density at radius 3 is 3.11 bits per heavy atom. The summed E-state index contributed by atoms with van der Waals surface area (Å²) in [6, 6.07) is 0. The SMILES string of the molecule is O=C(CCOCC(F)F)Cc1cn2ccsc2n1. The first-order valence-corrected chi connectivity index (χ1v) is 6.32. The maximum atomic E-state index is 11.8. The van der Waals surface area contributed by atoms with Crippen LogP contribution in [0.3, 0.4) is 0 Å². The van der Waals surface area contributed by atoms with Crippen LogP contribution >= 0.6 is 11.3 Å². The Kier molecular flexibility index (Phi) is 4.38. The fraction of sp³-hybridized carbons (Fsp3) is 0.455. The van der Waals surface area contributed by atoms with E-state index in [0.29, 0.717) is 5.69 Å². The molecule has 0 aliphatic heterocycles. The summed E-state index contributed by atoms with van der Waals surface area (Å²) in [6.07, 6.45) is 1.53. The Morgan fingerprint density at radius 1 is 1.56 bits per heavy atom. The van der Waals surface area contributed by atoms with Gasteiger partial charge in [0.05, 0.1) is 18.7 Å². The van der Waals surface area contributed by atoms with E-state index in [1.54, 1.807) is 6.20 Å². The molecule has 2 aromatic heterocycles. The molecule has 0 bridgehead atoms. The third-order valence-electron chi connectivity index (χ3n) is 2.29. The van der Waals surface area contributed by atoms with E-state index in [2.05, 4.69) is 9.72 Å². The maximum absolute atomic E-state index is 11.8. The van der Waals surface area contributed by atoms with Gasteiger partial charge >= 0.3 is 0 Å². The molecule has 0 fully saturated rings. The first kappa shape index (κ1) is 13.1. The first-order chi connectivity index (χ1) is 8.65. The molecule has 0 aliphatic carbocycles. The highest BCUT2D eigenvalue weighted by Crippen LogP contribution is 2.12. The summed E-state index contributed by atoms with van der Waals surface area (Å²) in [7, 11) is 0. The van der Waals surface area contributed by atoms with E-state index in [0.717, 1.165) is 4.96 Å². The molecule has 98 valence electrons. The molecule has 7 heteroatoms. The van der Waals surface area contributed by atoms with E-state index in [9.17, 15) is 13.6 Å². The standard InChI is InChI=1S/C11H12F2N2O2S/c12-10(13)7-17-3-1-9(16)5-8-6-15-2-4-18-11(15)14-8/h2,4,6,10H,1,3,5,7H2. The smallest absolute Gasteiger partial charge is 0.261 e. The van der Waals surface area contributed by atoms with Crippen molar-refractivity contribution >= 4 is 22.1 Å². The Bertz CT molecular complexity index is 495. The number of alkyl halides is 2. The highest BCUT2D eigenvalue weighted by Gasteiger charge is 2.09. The molecule has 0 aliphatic rings. The van der Waals surface area contributed by atoms with E-state index < -0.39 is 13.0 Å². The van der Waals surface area contributed by atoms with Gasteiger partial charge in [0.2, 0.25) is 0 Å². The van der Waals surface area contributed by atoms with Crippen LogP contribution in [0.15, 0.2) is 17.8 Å². The van der Waals surface area contributed by atoms with Crippen LogP contribution in [0.5, 0.6) is 0 Å². The number of rotatable bonds is 7. The van der Waals surface area contributed by atoms with Crippen LogP contribution in [-0.2, 0) is 16.0 Å². The highest BCUT2D eigenvalue weighted by molar-refractivity contribution is 7.15. The molecule has 2 heterocycles. The Hall–Kier alpha value is -1.34. The van der Waals surface area contributed by atoms with Crippen molar-refractivity contribution in [2.75, 3.05) is 13.2 Å². The van der Waals surface area contributed by atoms with Gasteiger partial charge in [-0.25, -0.2) is 13.8 Å². The van der Waals surface area contributed by atoms with E-state index in [1.165, 1.54) is 11.3 Å². The number of ether oxygens (including phenoxy) is 1. The van der Waals surface area contributed by atoms with Gasteiger partial charge in [-0.3, -0.25) is 9.20 Å². The van der Waals surface area contributed by atoms with Gasteiger partial charge in [-0.2, -0.15) is 0 Å². The van der Waals surface area contributed by atoms with Crippen LogP contribution in [-0.4, -0.2) is 34.8 Å². The van der Waals surface area contributed by atoms with Crippen LogP contribution in [0.2, 0.25) is 0 Å². The molecule has 0 spiro atoms. The number of Topliss-reactive ketones (excluding diaryl/α,β-unsaturated/α-hetero) is 1. The van der Waals surface area contributed by atoms with E-state index >= 15 is 0 Å². The number of halogens is 2. The van der Waals surface area contributed by atoms with Crippen molar-refractivity contribution in [3.05, 3.63) is 23.5 Å². The Labute approximate surface area is 106 Å². The second-order valence-corrected chi connectivity index (χ2v) is 4.63. The summed E-state index contributed by atoms with van der Waals surface area (Å²) in [5.74, 6) is -0.0602. The zero-order valence-corrected chi connectivity index (χ0v) is 10.3. The lowest BCUT2D eigenvalue weighted by Crippen LogP contribution is -2.10. The number of ketones is 1. The van der Waals surface area contributed by atoms with Crippen LogP contribution in [0, 0.1) is 0 Å². The number of hydrogen-bond donors (Lipinski definition) is 0. The van der Waals surface area contributed by atoms with Crippen molar-refractivity contribution in [1.29, 1.82) is 0 Å². The Morgan fingerprint density at radius 2 is 2.39 bits per heavy atom. The van der Waals surface area contributed by atoms with E-state index in [1.807, 2.05) is 16.0 Å². The highest BCUT2D eigenvalue weighted by atomic mass is 32.1. The Balaban J connectivity index is 1.75. The van der Waals surface area contributed by atoms with Gasteiger partial charge in [0.1, 0.15) is 12.4 Å². The number of carbonyl (C=O) groups is 1. The van der Waals surface area contributed by atoms with Crippen LogP contribution in [0.25, 0.3) is 4.96 Å². The molecule has 0 aromatic carbocycles. The summed E-state index contributed by atoms with van der Waals surface area (Å²) in [5.41, 5.74) is 0.695. The van der Waals surface area contributed by atoms with E-state index in [-0.39, 0.29) is 25.2 Å². The lowest BCUT2D eigenvalue weighted by Gasteiger charge is -2.01. The second kappa shape index (κ2) is 6.01. The maximum Gasteiger partial charge on any atom is 0.261 e. The van der Waals surface area contributed by atoms with Gasteiger partial charge in [0.15, 0.2) is 4.96 Å². The average Bonchev–Trinajstić information content (AvgIpc) is 2.84. The molecule has 0 N–H and O–H groups in total. The van der Waals surface area contributed by atoms with Crippen molar-refractivity contribution in [1.82, 2.24) is 9.38 Å². The third kappa shape index (κ3) is 3.58. The van der Waals surface area contributed by atoms with Gasteiger partial charge in [0.25, 0.3) is 6.43 Å². The number of hydrogen-bond acceptors (Lipinski definition) is 4. The van der Waals surface area contributed by atoms with Gasteiger partial charge in [-0.15, -0.1) is 11.3 Å². The topological polar surface area (TPSA) is 43.6 Å². The fourth-order valence-corrected chi connectivity index (χ4v) is 2.23. The summed E-state index contributed by atoms with van der Waals surface area (Å²) in [6.45, 7) is -0.584. The lowest BCUT2D eigenvalue weighted by atomic mass is 10.2. The summed E-state index contributed by atoms with van der Waals surface area (Å²) < 4.78 is 30.0. The monoisotopic (exact) mass is 274 g/mol. The number of fused-ring (bicyclic) bond motifs is 1. The van der Waals surface area contributed by atoms with Gasteiger partial charge in [-0.1, -0.05) is 0 Å². The number of imidazole rings is 1. The lowest BCUT2D eigenvalue weighted by molar-refractivity contribution is -0.119. The molecule has 2 rings (SSSR count). The van der Waals surface area contributed by atoms with Crippen molar-refractivity contribution < 1.29 is 18.3 Å². The number of nitrogens with zero attached hydrogens (tertiary/aromatic N) is 2. The summed E-state index contributed by atoms with van der Waals surface area (Å²) >= 11 is 1.49. The molecule has 0 radical (unpaired) electrons. The van der Waals surface area contributed by atoms with Gasteiger partial charge in [-0.05, 0) is 0 Å². The number of thiazole rings is 1. The van der Waals surface area contributed by atoms with Gasteiger partial charge < -0.3 is 4.74 Å². The molecule has 0 saturated carbocycles. The molecule has 0 amide bonds. The predicted octanol–water partition coefficient (Wildman–Crippen LogP) is 2.18. The molecule has 0 saturated heterocycles. The quantitative estimate of drug-likeness (QED) is 0.727. The first-order valence-electron chi connectivity index (χ1n) is 5.44. The average molecular weight is 274 g/mol. The molecule has 2 aromatic rings. The second-order valence-electron chi connectivity index (χ2n) is 3.76. The molecular formula is C11H12F2N2O2S. The van der Waals surface area contributed by atoms with Crippen molar-refractivity contribution in [3.63, 3.8) is 0 Å². The molecule has 4 nitrogen and oxygen atoms in total. The normalized spacial score (nSPS) is 11.5. The minimum Gasteiger partial charge on any atom is -0.375 e. The number of carbonyl (C=O) groups excluding carboxylic acids is 1. The molecular weight excluding hydrogens is 262 g/mol. The van der Waals surface area contributed by atoms with Crippen molar-refractivity contribution in [2.45, 2.75) is 19.3 Å².